The third-order valence-electron chi connectivity index (χ3n) is 2.31. The van der Waals surface area contributed by atoms with Gasteiger partial charge in [-0.2, -0.15) is 0 Å². The molecule has 0 amide bonds. The van der Waals surface area contributed by atoms with Gasteiger partial charge in [0.1, 0.15) is 0 Å². The van der Waals surface area contributed by atoms with Crippen LogP contribution in [0.2, 0.25) is 0 Å². The topological polar surface area (TPSA) is 37.3 Å². The van der Waals surface area contributed by atoms with Gasteiger partial charge >= 0.3 is 5.97 Å². The minimum atomic E-state index is -0.900. The summed E-state index contributed by atoms with van der Waals surface area (Å²) in [5.74, 6) is -0.900. The van der Waals surface area contributed by atoms with Gasteiger partial charge in [-0.3, -0.25) is 0 Å². The fourth-order valence-corrected chi connectivity index (χ4v) is 1.55. The van der Waals surface area contributed by atoms with Gasteiger partial charge in [-0.25, -0.2) is 4.79 Å². The molecule has 2 aromatic carbocycles. The first-order valence-electron chi connectivity index (χ1n) is 4.99. The molecule has 1 N–H and O–H groups in total. The maximum absolute atomic E-state index is 11.0. The Hall–Kier alpha value is -2.09. The number of carbonyl (C=O) groups is 1. The van der Waals surface area contributed by atoms with Gasteiger partial charge < -0.3 is 5.11 Å². The van der Waals surface area contributed by atoms with E-state index >= 15 is 0 Å². The van der Waals surface area contributed by atoms with Gasteiger partial charge in [0, 0.05) is 6.42 Å². The van der Waals surface area contributed by atoms with Gasteiger partial charge in [-0.05, 0) is 17.2 Å². The third kappa shape index (κ3) is 2.28. The van der Waals surface area contributed by atoms with Crippen molar-refractivity contribution in [2.45, 2.75) is 0 Å². The van der Waals surface area contributed by atoms with E-state index in [1.165, 1.54) is 0 Å². The van der Waals surface area contributed by atoms with Crippen molar-refractivity contribution in [1.29, 1.82) is 0 Å². The van der Waals surface area contributed by atoms with E-state index in [9.17, 15) is 4.79 Å². The van der Waals surface area contributed by atoms with E-state index in [1.54, 1.807) is 18.2 Å². The molecule has 0 unspecified atom stereocenters. The molecule has 0 aliphatic rings. The molecule has 0 atom stereocenters. The van der Waals surface area contributed by atoms with Crippen LogP contribution < -0.4 is 0 Å². The predicted octanol–water partition coefficient (Wildman–Crippen LogP) is 2.99. The van der Waals surface area contributed by atoms with Crippen LogP contribution in [0.1, 0.15) is 21.5 Å². The fraction of sp³-hybridized carbons (Fsp3) is 0. The first-order valence-corrected chi connectivity index (χ1v) is 4.99. The van der Waals surface area contributed by atoms with Crippen molar-refractivity contribution in [2.24, 2.45) is 0 Å². The number of aromatic carboxylic acids is 1. The van der Waals surface area contributed by atoms with Gasteiger partial charge in [0.05, 0.1) is 5.56 Å². The SMILES string of the molecule is O=C(O)c1ccccc1[CH]c1ccccc1. The molecular formula is C14H11O2. The molecule has 0 spiro atoms. The van der Waals surface area contributed by atoms with Crippen LogP contribution in [0, 0.1) is 6.42 Å². The summed E-state index contributed by atoms with van der Waals surface area (Å²) < 4.78 is 0. The molecule has 0 aromatic heterocycles. The van der Waals surface area contributed by atoms with E-state index in [1.807, 2.05) is 42.8 Å². The lowest BCUT2D eigenvalue weighted by Crippen LogP contribution is -2.01. The summed E-state index contributed by atoms with van der Waals surface area (Å²) in [6, 6.07) is 16.6. The standard InChI is InChI=1S/C14H11O2/c15-14(16)13-9-5-4-8-12(13)10-11-6-2-1-3-7-11/h1-10H,(H,15,16). The van der Waals surface area contributed by atoms with Crippen LogP contribution in [0.3, 0.4) is 0 Å². The van der Waals surface area contributed by atoms with E-state index in [0.717, 1.165) is 11.1 Å². The quantitative estimate of drug-likeness (QED) is 0.847. The van der Waals surface area contributed by atoms with E-state index in [4.69, 9.17) is 5.11 Å². The molecule has 2 rings (SSSR count). The van der Waals surface area contributed by atoms with Gasteiger partial charge in [0.25, 0.3) is 0 Å². The highest BCUT2D eigenvalue weighted by Crippen LogP contribution is 2.16. The average Bonchev–Trinajstić information content (AvgIpc) is 2.31. The molecule has 2 heteroatoms. The van der Waals surface area contributed by atoms with E-state index < -0.39 is 5.97 Å². The highest BCUT2D eigenvalue weighted by Gasteiger charge is 2.08. The Morgan fingerprint density at radius 2 is 1.56 bits per heavy atom. The Kier molecular flexibility index (Phi) is 3.01. The van der Waals surface area contributed by atoms with Gasteiger partial charge in [-0.15, -0.1) is 0 Å². The monoisotopic (exact) mass is 211 g/mol. The second-order valence-electron chi connectivity index (χ2n) is 3.45. The maximum Gasteiger partial charge on any atom is 0.335 e. The van der Waals surface area contributed by atoms with Crippen molar-refractivity contribution in [2.75, 3.05) is 0 Å². The fourth-order valence-electron chi connectivity index (χ4n) is 1.55. The number of carboxylic acid groups (broad SMARTS) is 1. The molecule has 0 heterocycles. The van der Waals surface area contributed by atoms with Crippen LogP contribution >= 0.6 is 0 Å². The van der Waals surface area contributed by atoms with Gasteiger partial charge in [0.2, 0.25) is 0 Å². The Morgan fingerprint density at radius 3 is 2.25 bits per heavy atom. The highest BCUT2D eigenvalue weighted by atomic mass is 16.4. The molecule has 0 saturated carbocycles. The Morgan fingerprint density at radius 1 is 0.938 bits per heavy atom. The first-order chi connectivity index (χ1) is 7.77. The summed E-state index contributed by atoms with van der Waals surface area (Å²) >= 11 is 0. The van der Waals surface area contributed by atoms with Crippen LogP contribution in [0.15, 0.2) is 54.6 Å². The molecule has 16 heavy (non-hydrogen) atoms. The maximum atomic E-state index is 11.0. The number of hydrogen-bond donors (Lipinski definition) is 1. The van der Waals surface area contributed by atoms with E-state index in [0.29, 0.717) is 5.56 Å². The van der Waals surface area contributed by atoms with Crippen LogP contribution in [0.5, 0.6) is 0 Å². The molecule has 0 bridgehead atoms. The molecule has 0 aliphatic heterocycles. The normalized spacial score (nSPS) is 10.0. The van der Waals surface area contributed by atoms with Crippen LogP contribution in [-0.2, 0) is 0 Å². The van der Waals surface area contributed by atoms with Crippen LogP contribution in [0.4, 0.5) is 0 Å². The van der Waals surface area contributed by atoms with Crippen LogP contribution in [0.25, 0.3) is 0 Å². The van der Waals surface area contributed by atoms with Crippen molar-refractivity contribution in [3.63, 3.8) is 0 Å². The lowest BCUT2D eigenvalue weighted by Gasteiger charge is -2.05. The summed E-state index contributed by atoms with van der Waals surface area (Å²) in [6.45, 7) is 0. The molecule has 2 nitrogen and oxygen atoms in total. The molecule has 79 valence electrons. The summed E-state index contributed by atoms with van der Waals surface area (Å²) in [5.41, 5.74) is 2.05. The third-order valence-corrected chi connectivity index (χ3v) is 2.31. The zero-order valence-corrected chi connectivity index (χ0v) is 8.63. The molecule has 0 aliphatic carbocycles. The van der Waals surface area contributed by atoms with E-state index in [-0.39, 0.29) is 0 Å². The number of hydrogen-bond acceptors (Lipinski definition) is 1. The number of rotatable bonds is 3. The number of benzene rings is 2. The molecule has 0 saturated heterocycles. The van der Waals surface area contributed by atoms with Crippen molar-refractivity contribution in [3.8, 4) is 0 Å². The summed E-state index contributed by atoms with van der Waals surface area (Å²) in [4.78, 5) is 11.0. The van der Waals surface area contributed by atoms with Crippen molar-refractivity contribution in [3.05, 3.63) is 77.7 Å². The van der Waals surface area contributed by atoms with Gasteiger partial charge in [-0.1, -0.05) is 48.5 Å². The van der Waals surface area contributed by atoms with Crippen molar-refractivity contribution >= 4 is 5.97 Å². The zero-order valence-electron chi connectivity index (χ0n) is 8.63. The Labute approximate surface area is 94.2 Å². The van der Waals surface area contributed by atoms with Crippen molar-refractivity contribution < 1.29 is 9.90 Å². The Balaban J connectivity index is 2.31. The smallest absolute Gasteiger partial charge is 0.335 e. The number of carboxylic acids is 1. The molecule has 0 fully saturated rings. The van der Waals surface area contributed by atoms with Gasteiger partial charge in [0.15, 0.2) is 0 Å². The summed E-state index contributed by atoms with van der Waals surface area (Å²) in [7, 11) is 0. The Bertz CT molecular complexity index is 489. The highest BCUT2D eigenvalue weighted by molar-refractivity contribution is 5.90. The summed E-state index contributed by atoms with van der Waals surface area (Å²) in [5, 5.41) is 9.02. The second-order valence-corrected chi connectivity index (χ2v) is 3.45. The predicted molar refractivity (Wildman–Crippen MR) is 62.3 cm³/mol. The lowest BCUT2D eigenvalue weighted by molar-refractivity contribution is 0.0696. The molecular weight excluding hydrogens is 200 g/mol. The second kappa shape index (κ2) is 4.62. The minimum absolute atomic E-state index is 0.325. The van der Waals surface area contributed by atoms with E-state index in [2.05, 4.69) is 0 Å². The average molecular weight is 211 g/mol. The van der Waals surface area contributed by atoms with Crippen molar-refractivity contribution in [1.82, 2.24) is 0 Å². The molecule has 1 radical (unpaired) electrons. The zero-order chi connectivity index (χ0) is 11.4. The first kappa shape index (κ1) is 10.4. The largest absolute Gasteiger partial charge is 0.478 e. The summed E-state index contributed by atoms with van der Waals surface area (Å²) in [6.07, 6.45) is 1.86. The lowest BCUT2D eigenvalue weighted by atomic mass is 10.00. The minimum Gasteiger partial charge on any atom is -0.478 e. The van der Waals surface area contributed by atoms with Crippen LogP contribution in [-0.4, -0.2) is 11.1 Å². The molecule has 2 aromatic rings.